The van der Waals surface area contributed by atoms with Crippen molar-refractivity contribution in [2.75, 3.05) is 20.1 Å². The molecule has 0 spiro atoms. The minimum atomic E-state index is -3.57. The lowest BCUT2D eigenvalue weighted by Gasteiger charge is -2.12. The fourth-order valence-corrected chi connectivity index (χ4v) is 2.90. The van der Waals surface area contributed by atoms with Crippen molar-refractivity contribution in [3.63, 3.8) is 0 Å². The van der Waals surface area contributed by atoms with Crippen LogP contribution in [0.25, 0.3) is 0 Å². The molecule has 0 aliphatic carbocycles. The van der Waals surface area contributed by atoms with E-state index in [-0.39, 0.29) is 11.4 Å². The van der Waals surface area contributed by atoms with E-state index in [9.17, 15) is 8.42 Å². The number of aryl methyl sites for hydroxylation is 1. The second-order valence-electron chi connectivity index (χ2n) is 4.28. The Morgan fingerprint density at radius 2 is 2.21 bits per heavy atom. The van der Waals surface area contributed by atoms with Crippen molar-refractivity contribution in [1.29, 1.82) is 0 Å². The molecule has 0 saturated heterocycles. The molecule has 5 nitrogen and oxygen atoms in total. The Kier molecular flexibility index (Phi) is 5.60. The van der Waals surface area contributed by atoms with Gasteiger partial charge in [-0.2, -0.15) is 4.31 Å². The van der Waals surface area contributed by atoms with Gasteiger partial charge in [-0.05, 0) is 19.9 Å². The molecular weight excluding hydrogens is 264 g/mol. The molecule has 0 atom stereocenters. The van der Waals surface area contributed by atoms with Gasteiger partial charge in [-0.1, -0.05) is 12.8 Å². The van der Waals surface area contributed by atoms with E-state index in [1.807, 2.05) is 0 Å². The molecule has 106 valence electrons. The smallest absolute Gasteiger partial charge is 0.247 e. The number of sulfonamides is 1. The summed E-state index contributed by atoms with van der Waals surface area (Å²) in [5.41, 5.74) is 0. The molecule has 1 N–H and O–H groups in total. The van der Waals surface area contributed by atoms with Crippen LogP contribution in [0.15, 0.2) is 15.4 Å². The van der Waals surface area contributed by atoms with E-state index in [1.54, 1.807) is 13.0 Å². The number of hydrogen-bond acceptors (Lipinski definition) is 4. The largest absolute Gasteiger partial charge is 0.464 e. The third-order valence-electron chi connectivity index (χ3n) is 2.65. The van der Waals surface area contributed by atoms with Gasteiger partial charge in [0.25, 0.3) is 0 Å². The molecule has 0 bridgehead atoms. The Balaban J connectivity index is 2.92. The molecule has 6 heteroatoms. The van der Waals surface area contributed by atoms with Crippen molar-refractivity contribution in [3.8, 4) is 12.3 Å². The lowest BCUT2D eigenvalue weighted by atomic mass is 10.4. The zero-order valence-corrected chi connectivity index (χ0v) is 12.4. The Labute approximate surface area is 115 Å². The summed E-state index contributed by atoms with van der Waals surface area (Å²) in [4.78, 5) is 0.179. The number of nitrogens with one attached hydrogen (secondary N) is 1. The predicted octanol–water partition coefficient (Wildman–Crippen LogP) is 1.34. The molecule has 0 fully saturated rings. The highest BCUT2D eigenvalue weighted by atomic mass is 32.2. The monoisotopic (exact) mass is 284 g/mol. The highest BCUT2D eigenvalue weighted by Crippen LogP contribution is 2.22. The molecule has 1 aromatic heterocycles. The predicted molar refractivity (Wildman–Crippen MR) is 74.1 cm³/mol. The van der Waals surface area contributed by atoms with Gasteiger partial charge in [0.05, 0.1) is 13.1 Å². The number of rotatable bonds is 7. The fourth-order valence-electron chi connectivity index (χ4n) is 1.64. The first kappa shape index (κ1) is 15.8. The van der Waals surface area contributed by atoms with E-state index in [1.165, 1.54) is 7.05 Å². The first-order valence-corrected chi connectivity index (χ1v) is 7.57. The van der Waals surface area contributed by atoms with Crippen LogP contribution in [0.1, 0.15) is 24.9 Å². The highest BCUT2D eigenvalue weighted by molar-refractivity contribution is 7.89. The molecule has 0 radical (unpaired) electrons. The second-order valence-corrected chi connectivity index (χ2v) is 6.29. The lowest BCUT2D eigenvalue weighted by Crippen LogP contribution is -2.27. The summed E-state index contributed by atoms with van der Waals surface area (Å²) < 4.78 is 31.1. The summed E-state index contributed by atoms with van der Waals surface area (Å²) in [6.45, 7) is 5.11. The molecular formula is C13H20N2O3S. The lowest BCUT2D eigenvalue weighted by molar-refractivity contribution is 0.454. The van der Waals surface area contributed by atoms with Crippen LogP contribution < -0.4 is 5.32 Å². The summed E-state index contributed by atoms with van der Waals surface area (Å²) in [7, 11) is -2.12. The van der Waals surface area contributed by atoms with Crippen LogP contribution in [-0.2, 0) is 16.6 Å². The van der Waals surface area contributed by atoms with Crippen LogP contribution in [0.3, 0.4) is 0 Å². The van der Waals surface area contributed by atoms with Gasteiger partial charge < -0.3 is 9.73 Å². The standard InChI is InChI=1S/C13H20N2O3S/c1-5-7-14-10-12-9-13(11(3)18-12)19(16,17)15(4)8-6-2/h2,9,14H,5,7-8,10H2,1,3-4H3. The zero-order chi connectivity index (χ0) is 14.5. The van der Waals surface area contributed by atoms with E-state index in [0.717, 1.165) is 17.3 Å². The zero-order valence-electron chi connectivity index (χ0n) is 11.6. The van der Waals surface area contributed by atoms with Gasteiger partial charge in [0, 0.05) is 13.1 Å². The molecule has 0 saturated carbocycles. The van der Waals surface area contributed by atoms with Gasteiger partial charge in [-0.15, -0.1) is 6.42 Å². The number of nitrogens with zero attached hydrogens (tertiary/aromatic N) is 1. The van der Waals surface area contributed by atoms with Crippen molar-refractivity contribution in [2.45, 2.75) is 31.7 Å². The second kappa shape index (κ2) is 6.75. The Bertz CT molecular complexity index is 555. The van der Waals surface area contributed by atoms with Crippen LogP contribution in [-0.4, -0.2) is 32.9 Å². The molecule has 1 heterocycles. The van der Waals surface area contributed by atoms with Gasteiger partial charge in [0.15, 0.2) is 0 Å². The minimum absolute atomic E-state index is 0.0381. The van der Waals surface area contributed by atoms with Gasteiger partial charge in [0.2, 0.25) is 10.0 Å². The molecule has 19 heavy (non-hydrogen) atoms. The number of terminal acetylenes is 1. The minimum Gasteiger partial charge on any atom is -0.464 e. The van der Waals surface area contributed by atoms with E-state index in [0.29, 0.717) is 18.1 Å². The van der Waals surface area contributed by atoms with Crippen molar-refractivity contribution in [3.05, 3.63) is 17.6 Å². The van der Waals surface area contributed by atoms with Crippen LogP contribution in [0.2, 0.25) is 0 Å². The highest BCUT2D eigenvalue weighted by Gasteiger charge is 2.25. The molecule has 1 rings (SSSR count). The Morgan fingerprint density at radius 3 is 2.79 bits per heavy atom. The summed E-state index contributed by atoms with van der Waals surface area (Å²) in [6, 6.07) is 1.56. The SMILES string of the molecule is C#CCN(C)S(=O)(=O)c1cc(CNCCC)oc1C. The molecule has 0 aliphatic heterocycles. The number of furan rings is 1. The van der Waals surface area contributed by atoms with Crippen LogP contribution in [0.4, 0.5) is 0 Å². The van der Waals surface area contributed by atoms with Crippen molar-refractivity contribution < 1.29 is 12.8 Å². The fraction of sp³-hybridized carbons (Fsp3) is 0.538. The van der Waals surface area contributed by atoms with Gasteiger partial charge in [0.1, 0.15) is 16.4 Å². The summed E-state index contributed by atoms with van der Waals surface area (Å²) in [5.74, 6) is 3.31. The molecule has 0 aliphatic rings. The van der Waals surface area contributed by atoms with E-state index in [2.05, 4.69) is 18.2 Å². The molecule has 0 unspecified atom stereocenters. The topological polar surface area (TPSA) is 62.6 Å². The summed E-state index contributed by atoms with van der Waals surface area (Å²) >= 11 is 0. The maximum Gasteiger partial charge on any atom is 0.247 e. The third-order valence-corrected chi connectivity index (χ3v) is 4.56. The average Bonchev–Trinajstić information content (AvgIpc) is 2.72. The Morgan fingerprint density at radius 1 is 1.53 bits per heavy atom. The first-order chi connectivity index (χ1) is 8.93. The molecule has 0 aromatic carbocycles. The molecule has 1 aromatic rings. The van der Waals surface area contributed by atoms with Crippen LogP contribution >= 0.6 is 0 Å². The average molecular weight is 284 g/mol. The first-order valence-electron chi connectivity index (χ1n) is 6.13. The van der Waals surface area contributed by atoms with Gasteiger partial charge in [-0.25, -0.2) is 8.42 Å². The third kappa shape index (κ3) is 3.83. The van der Waals surface area contributed by atoms with Gasteiger partial charge in [-0.3, -0.25) is 0 Å². The van der Waals surface area contributed by atoms with E-state index < -0.39 is 10.0 Å². The summed E-state index contributed by atoms with van der Waals surface area (Å²) in [5, 5.41) is 3.16. The van der Waals surface area contributed by atoms with Crippen molar-refractivity contribution in [1.82, 2.24) is 9.62 Å². The maximum absolute atomic E-state index is 12.2. The van der Waals surface area contributed by atoms with Gasteiger partial charge >= 0.3 is 0 Å². The van der Waals surface area contributed by atoms with Crippen LogP contribution in [0, 0.1) is 19.3 Å². The number of hydrogen-bond donors (Lipinski definition) is 1. The quantitative estimate of drug-likeness (QED) is 0.606. The van der Waals surface area contributed by atoms with E-state index in [4.69, 9.17) is 10.8 Å². The maximum atomic E-state index is 12.2. The van der Waals surface area contributed by atoms with Crippen molar-refractivity contribution >= 4 is 10.0 Å². The van der Waals surface area contributed by atoms with Crippen LogP contribution in [0.5, 0.6) is 0 Å². The van der Waals surface area contributed by atoms with E-state index >= 15 is 0 Å². The van der Waals surface area contributed by atoms with Crippen molar-refractivity contribution in [2.24, 2.45) is 0 Å². The normalized spacial score (nSPS) is 11.7. The Hall–Kier alpha value is -1.29. The summed E-state index contributed by atoms with van der Waals surface area (Å²) in [6.07, 6.45) is 6.15. The molecule has 0 amide bonds.